The highest BCUT2D eigenvalue weighted by molar-refractivity contribution is 4.89. The molecule has 3 heteroatoms. The van der Waals surface area contributed by atoms with Gasteiger partial charge in [0, 0.05) is 12.6 Å². The van der Waals surface area contributed by atoms with E-state index in [2.05, 4.69) is 23.9 Å². The second-order valence-electron chi connectivity index (χ2n) is 5.88. The summed E-state index contributed by atoms with van der Waals surface area (Å²) >= 11 is 0. The first-order valence-electron chi connectivity index (χ1n) is 6.70. The van der Waals surface area contributed by atoms with Gasteiger partial charge < -0.3 is 14.9 Å². The zero-order chi connectivity index (χ0) is 11.6. The fourth-order valence-electron chi connectivity index (χ4n) is 3.22. The van der Waals surface area contributed by atoms with Crippen molar-refractivity contribution in [1.29, 1.82) is 0 Å². The highest BCUT2D eigenvalue weighted by Crippen LogP contribution is 2.31. The molecule has 1 saturated carbocycles. The maximum atomic E-state index is 10.4. The Morgan fingerprint density at radius 1 is 1.25 bits per heavy atom. The maximum absolute atomic E-state index is 10.4. The summed E-state index contributed by atoms with van der Waals surface area (Å²) in [6, 6.07) is 0.681. The van der Waals surface area contributed by atoms with Crippen molar-refractivity contribution >= 4 is 0 Å². The van der Waals surface area contributed by atoms with Crippen molar-refractivity contribution in [2.75, 3.05) is 33.7 Å². The van der Waals surface area contributed by atoms with E-state index in [1.807, 2.05) is 0 Å². The Balaban J connectivity index is 1.81. The van der Waals surface area contributed by atoms with Gasteiger partial charge >= 0.3 is 0 Å². The van der Waals surface area contributed by atoms with Gasteiger partial charge in [-0.2, -0.15) is 0 Å². The number of likely N-dealkylation sites (N-methyl/N-ethyl adjacent to an activating group) is 1. The van der Waals surface area contributed by atoms with Crippen LogP contribution in [0, 0.1) is 0 Å². The fraction of sp³-hybridized carbons (Fsp3) is 1.00. The van der Waals surface area contributed by atoms with Crippen LogP contribution in [-0.2, 0) is 0 Å². The van der Waals surface area contributed by atoms with E-state index in [4.69, 9.17) is 0 Å². The van der Waals surface area contributed by atoms with E-state index in [1.54, 1.807) is 0 Å². The molecule has 0 aromatic rings. The molecule has 2 rings (SSSR count). The minimum absolute atomic E-state index is 0.377. The minimum Gasteiger partial charge on any atom is -0.389 e. The summed E-state index contributed by atoms with van der Waals surface area (Å²) in [7, 11) is 4.38. The smallest absolute Gasteiger partial charge is 0.0774 e. The van der Waals surface area contributed by atoms with E-state index >= 15 is 0 Å². The van der Waals surface area contributed by atoms with Crippen molar-refractivity contribution in [3.63, 3.8) is 0 Å². The highest BCUT2D eigenvalue weighted by Gasteiger charge is 2.34. The van der Waals surface area contributed by atoms with Crippen LogP contribution >= 0.6 is 0 Å². The number of piperidine rings is 1. The van der Waals surface area contributed by atoms with Crippen molar-refractivity contribution in [2.24, 2.45) is 0 Å². The second-order valence-corrected chi connectivity index (χ2v) is 5.88. The molecule has 0 bridgehead atoms. The van der Waals surface area contributed by atoms with Crippen LogP contribution in [0.25, 0.3) is 0 Å². The molecule has 1 aliphatic carbocycles. The lowest BCUT2D eigenvalue weighted by Crippen LogP contribution is -2.47. The standard InChI is InChI=1S/C13H26N2O/c1-14-9-5-12(6-10-14)15(2)11-13(16)7-3-4-8-13/h12,16H,3-11H2,1-2H3. The van der Waals surface area contributed by atoms with Gasteiger partial charge in [-0.15, -0.1) is 0 Å². The number of likely N-dealkylation sites (tertiary alicyclic amines) is 1. The molecule has 94 valence electrons. The number of nitrogens with zero attached hydrogens (tertiary/aromatic N) is 2. The van der Waals surface area contributed by atoms with Gasteiger partial charge in [-0.1, -0.05) is 12.8 Å². The van der Waals surface area contributed by atoms with E-state index in [0.717, 1.165) is 19.4 Å². The maximum Gasteiger partial charge on any atom is 0.0774 e. The molecule has 0 spiro atoms. The van der Waals surface area contributed by atoms with Crippen molar-refractivity contribution < 1.29 is 5.11 Å². The molecule has 0 unspecified atom stereocenters. The van der Waals surface area contributed by atoms with Crippen LogP contribution in [0.4, 0.5) is 0 Å². The van der Waals surface area contributed by atoms with Gasteiger partial charge in [0.25, 0.3) is 0 Å². The third-order valence-electron chi connectivity index (χ3n) is 4.39. The molecule has 0 atom stereocenters. The van der Waals surface area contributed by atoms with Gasteiger partial charge in [0.1, 0.15) is 0 Å². The van der Waals surface area contributed by atoms with Gasteiger partial charge in [-0.25, -0.2) is 0 Å². The van der Waals surface area contributed by atoms with E-state index in [0.29, 0.717) is 6.04 Å². The summed E-state index contributed by atoms with van der Waals surface area (Å²) < 4.78 is 0. The summed E-state index contributed by atoms with van der Waals surface area (Å²) in [5.41, 5.74) is -0.377. The molecule has 1 aliphatic heterocycles. The minimum atomic E-state index is -0.377. The van der Waals surface area contributed by atoms with Crippen LogP contribution in [0.15, 0.2) is 0 Å². The molecule has 0 amide bonds. The Bertz CT molecular complexity index is 218. The highest BCUT2D eigenvalue weighted by atomic mass is 16.3. The Kier molecular flexibility index (Phi) is 3.88. The molecule has 2 fully saturated rings. The normalized spacial score (nSPS) is 27.8. The molecule has 3 nitrogen and oxygen atoms in total. The van der Waals surface area contributed by atoms with E-state index < -0.39 is 0 Å². The van der Waals surface area contributed by atoms with Crippen LogP contribution in [0.3, 0.4) is 0 Å². The lowest BCUT2D eigenvalue weighted by Gasteiger charge is -2.38. The van der Waals surface area contributed by atoms with Gasteiger partial charge in [-0.05, 0) is 52.9 Å². The molecule has 2 aliphatic rings. The molecule has 0 aromatic heterocycles. The predicted octanol–water partition coefficient (Wildman–Crippen LogP) is 1.32. The van der Waals surface area contributed by atoms with Gasteiger partial charge in [0.05, 0.1) is 5.60 Å². The number of hydrogen-bond acceptors (Lipinski definition) is 3. The zero-order valence-electron chi connectivity index (χ0n) is 10.8. The topological polar surface area (TPSA) is 26.7 Å². The summed E-state index contributed by atoms with van der Waals surface area (Å²) in [6.45, 7) is 3.28. The van der Waals surface area contributed by atoms with Gasteiger partial charge in [-0.3, -0.25) is 0 Å². The summed E-state index contributed by atoms with van der Waals surface area (Å²) in [6.07, 6.45) is 6.93. The van der Waals surface area contributed by atoms with E-state index in [1.165, 1.54) is 38.8 Å². The van der Waals surface area contributed by atoms with Crippen LogP contribution in [0.2, 0.25) is 0 Å². The summed E-state index contributed by atoms with van der Waals surface area (Å²) in [5, 5.41) is 10.4. The van der Waals surface area contributed by atoms with Crippen LogP contribution < -0.4 is 0 Å². The largest absolute Gasteiger partial charge is 0.389 e. The quantitative estimate of drug-likeness (QED) is 0.786. The predicted molar refractivity (Wildman–Crippen MR) is 66.6 cm³/mol. The first-order valence-corrected chi connectivity index (χ1v) is 6.70. The number of hydrogen-bond donors (Lipinski definition) is 1. The SMILES string of the molecule is CN1CCC(N(C)CC2(O)CCCC2)CC1. The van der Waals surface area contributed by atoms with E-state index in [-0.39, 0.29) is 5.60 Å². The molecule has 1 heterocycles. The zero-order valence-corrected chi connectivity index (χ0v) is 10.8. The second kappa shape index (κ2) is 5.03. The van der Waals surface area contributed by atoms with Crippen molar-refractivity contribution in [3.8, 4) is 0 Å². The molecule has 1 N–H and O–H groups in total. The van der Waals surface area contributed by atoms with E-state index in [9.17, 15) is 5.11 Å². The molecular formula is C13H26N2O. The molecule has 1 saturated heterocycles. The molecular weight excluding hydrogens is 200 g/mol. The molecule has 0 aromatic carbocycles. The average molecular weight is 226 g/mol. The monoisotopic (exact) mass is 226 g/mol. The third-order valence-corrected chi connectivity index (χ3v) is 4.39. The first kappa shape index (κ1) is 12.3. The van der Waals surface area contributed by atoms with Gasteiger partial charge in [0.15, 0.2) is 0 Å². The van der Waals surface area contributed by atoms with Crippen molar-refractivity contribution in [2.45, 2.75) is 50.2 Å². The molecule has 0 radical (unpaired) electrons. The lowest BCUT2D eigenvalue weighted by atomic mass is 9.98. The molecule has 16 heavy (non-hydrogen) atoms. The third kappa shape index (κ3) is 2.96. The Labute approximate surface area is 99.4 Å². The average Bonchev–Trinajstić information content (AvgIpc) is 2.65. The van der Waals surface area contributed by atoms with Gasteiger partial charge in [0.2, 0.25) is 0 Å². The Morgan fingerprint density at radius 2 is 1.81 bits per heavy atom. The van der Waals surface area contributed by atoms with Crippen LogP contribution in [-0.4, -0.2) is 60.3 Å². The van der Waals surface area contributed by atoms with Crippen molar-refractivity contribution in [3.05, 3.63) is 0 Å². The summed E-state index contributed by atoms with van der Waals surface area (Å²) in [5.74, 6) is 0. The Hall–Kier alpha value is -0.120. The lowest BCUT2D eigenvalue weighted by molar-refractivity contribution is -0.00242. The van der Waals surface area contributed by atoms with Crippen LogP contribution in [0.1, 0.15) is 38.5 Å². The Morgan fingerprint density at radius 3 is 2.38 bits per heavy atom. The van der Waals surface area contributed by atoms with Crippen LogP contribution in [0.5, 0.6) is 0 Å². The number of rotatable bonds is 3. The summed E-state index contributed by atoms with van der Waals surface area (Å²) in [4.78, 5) is 4.80. The van der Waals surface area contributed by atoms with Crippen molar-refractivity contribution in [1.82, 2.24) is 9.80 Å². The number of aliphatic hydroxyl groups is 1. The first-order chi connectivity index (χ1) is 7.59. The fourth-order valence-corrected chi connectivity index (χ4v) is 3.22.